The molecule has 1 saturated carbocycles. The monoisotopic (exact) mass is 428 g/mol. The molecule has 3 rings (SSSR count). The van der Waals surface area contributed by atoms with Crippen molar-refractivity contribution >= 4 is 17.8 Å². The fourth-order valence-corrected chi connectivity index (χ4v) is 5.03. The lowest BCUT2D eigenvalue weighted by Crippen LogP contribution is -2.49. The summed E-state index contributed by atoms with van der Waals surface area (Å²) in [6, 6.07) is 10.0. The zero-order valence-electron chi connectivity index (χ0n) is 18.8. The van der Waals surface area contributed by atoms with E-state index in [-0.39, 0.29) is 24.8 Å². The SMILES string of the molecule is CCOC(=O)CN(Cc1ccccc1)C(=O)CCCC(=O)N1CCCC2CCCCC21. The van der Waals surface area contributed by atoms with Crippen molar-refractivity contribution in [2.45, 2.75) is 77.3 Å². The molecule has 31 heavy (non-hydrogen) atoms. The second-order valence-electron chi connectivity index (χ2n) is 8.74. The minimum atomic E-state index is -0.403. The molecule has 1 aliphatic heterocycles. The van der Waals surface area contributed by atoms with Crippen LogP contribution < -0.4 is 0 Å². The molecule has 1 aromatic rings. The number of carbonyl (C=O) groups is 3. The minimum absolute atomic E-state index is 0.0641. The lowest BCUT2D eigenvalue weighted by molar-refractivity contribution is -0.149. The predicted molar refractivity (Wildman–Crippen MR) is 119 cm³/mol. The second kappa shape index (κ2) is 11.9. The Morgan fingerprint density at radius 1 is 1.03 bits per heavy atom. The first-order valence-electron chi connectivity index (χ1n) is 11.8. The highest BCUT2D eigenvalue weighted by Crippen LogP contribution is 2.35. The van der Waals surface area contributed by atoms with Crippen LogP contribution in [0.15, 0.2) is 30.3 Å². The van der Waals surface area contributed by atoms with Crippen molar-refractivity contribution < 1.29 is 19.1 Å². The average Bonchev–Trinajstić information content (AvgIpc) is 2.79. The van der Waals surface area contributed by atoms with E-state index in [1.165, 1.54) is 30.6 Å². The maximum atomic E-state index is 12.9. The van der Waals surface area contributed by atoms with Gasteiger partial charge in [0.2, 0.25) is 11.8 Å². The molecule has 170 valence electrons. The van der Waals surface area contributed by atoms with E-state index in [4.69, 9.17) is 4.74 Å². The van der Waals surface area contributed by atoms with Crippen LogP contribution in [-0.2, 0) is 25.7 Å². The normalized spacial score (nSPS) is 20.6. The number of likely N-dealkylation sites (tertiary alicyclic amines) is 1. The number of rotatable bonds is 9. The largest absolute Gasteiger partial charge is 0.465 e. The molecule has 6 heteroatoms. The number of esters is 1. The Hall–Kier alpha value is -2.37. The van der Waals surface area contributed by atoms with E-state index in [0.29, 0.717) is 38.0 Å². The first-order chi connectivity index (χ1) is 15.1. The molecule has 2 unspecified atom stereocenters. The van der Waals surface area contributed by atoms with E-state index in [1.54, 1.807) is 6.92 Å². The number of carbonyl (C=O) groups excluding carboxylic acids is 3. The van der Waals surface area contributed by atoms with Crippen molar-refractivity contribution in [3.63, 3.8) is 0 Å². The molecule has 1 heterocycles. The van der Waals surface area contributed by atoms with Gasteiger partial charge in [0.1, 0.15) is 6.54 Å². The maximum Gasteiger partial charge on any atom is 0.325 e. The van der Waals surface area contributed by atoms with Crippen molar-refractivity contribution in [3.05, 3.63) is 35.9 Å². The lowest BCUT2D eigenvalue weighted by atomic mass is 9.78. The van der Waals surface area contributed by atoms with Gasteiger partial charge in [0.25, 0.3) is 0 Å². The van der Waals surface area contributed by atoms with Crippen molar-refractivity contribution in [3.8, 4) is 0 Å². The molecular weight excluding hydrogens is 392 g/mol. The Labute approximate surface area is 185 Å². The number of nitrogens with zero attached hydrogens (tertiary/aromatic N) is 2. The molecule has 2 fully saturated rings. The van der Waals surface area contributed by atoms with Crippen LogP contribution in [0.2, 0.25) is 0 Å². The summed E-state index contributed by atoms with van der Waals surface area (Å²) < 4.78 is 5.04. The third-order valence-corrected chi connectivity index (χ3v) is 6.54. The van der Waals surface area contributed by atoms with Gasteiger partial charge in [0.15, 0.2) is 0 Å². The molecular formula is C25H36N2O4. The Bertz CT molecular complexity index is 734. The van der Waals surface area contributed by atoms with Gasteiger partial charge in [-0.25, -0.2) is 0 Å². The number of benzene rings is 1. The summed E-state index contributed by atoms with van der Waals surface area (Å²) in [5, 5.41) is 0. The zero-order valence-corrected chi connectivity index (χ0v) is 18.8. The van der Waals surface area contributed by atoms with E-state index in [0.717, 1.165) is 24.9 Å². The van der Waals surface area contributed by atoms with Gasteiger partial charge >= 0.3 is 5.97 Å². The van der Waals surface area contributed by atoms with Crippen LogP contribution in [0.1, 0.15) is 70.3 Å². The van der Waals surface area contributed by atoms with Crippen LogP contribution in [0.25, 0.3) is 0 Å². The Balaban J connectivity index is 1.52. The van der Waals surface area contributed by atoms with Gasteiger partial charge < -0.3 is 14.5 Å². The Morgan fingerprint density at radius 2 is 1.77 bits per heavy atom. The molecule has 0 N–H and O–H groups in total. The highest BCUT2D eigenvalue weighted by molar-refractivity contribution is 5.83. The second-order valence-corrected chi connectivity index (χ2v) is 8.74. The van der Waals surface area contributed by atoms with Gasteiger partial charge in [0.05, 0.1) is 6.61 Å². The number of ether oxygens (including phenoxy) is 1. The van der Waals surface area contributed by atoms with E-state index >= 15 is 0 Å². The molecule has 2 atom stereocenters. The average molecular weight is 429 g/mol. The minimum Gasteiger partial charge on any atom is -0.465 e. The zero-order chi connectivity index (χ0) is 22.1. The highest BCUT2D eigenvalue weighted by atomic mass is 16.5. The topological polar surface area (TPSA) is 66.9 Å². The molecule has 0 spiro atoms. The summed E-state index contributed by atoms with van der Waals surface area (Å²) in [6.07, 6.45) is 8.38. The summed E-state index contributed by atoms with van der Waals surface area (Å²) in [4.78, 5) is 41.4. The van der Waals surface area contributed by atoms with Gasteiger partial charge in [0, 0.05) is 32.0 Å². The molecule has 0 bridgehead atoms. The fourth-order valence-electron chi connectivity index (χ4n) is 5.03. The van der Waals surface area contributed by atoms with Crippen LogP contribution in [0.3, 0.4) is 0 Å². The third-order valence-electron chi connectivity index (χ3n) is 6.54. The van der Waals surface area contributed by atoms with Crippen LogP contribution in [-0.4, -0.2) is 53.3 Å². The van der Waals surface area contributed by atoms with Gasteiger partial charge in [-0.3, -0.25) is 14.4 Å². The van der Waals surface area contributed by atoms with E-state index in [1.807, 2.05) is 30.3 Å². The van der Waals surface area contributed by atoms with Crippen molar-refractivity contribution in [2.75, 3.05) is 19.7 Å². The third kappa shape index (κ3) is 6.81. The van der Waals surface area contributed by atoms with Crippen LogP contribution in [0.4, 0.5) is 0 Å². The molecule has 1 saturated heterocycles. The molecule has 0 aromatic heterocycles. The summed E-state index contributed by atoms with van der Waals surface area (Å²) in [6.45, 7) is 3.20. The molecule has 2 amide bonds. The van der Waals surface area contributed by atoms with E-state index in [2.05, 4.69) is 4.90 Å². The molecule has 2 aliphatic rings. The summed E-state index contributed by atoms with van der Waals surface area (Å²) in [7, 11) is 0. The van der Waals surface area contributed by atoms with Crippen molar-refractivity contribution in [2.24, 2.45) is 5.92 Å². The summed E-state index contributed by atoms with van der Waals surface area (Å²) in [5.41, 5.74) is 0.966. The smallest absolute Gasteiger partial charge is 0.325 e. The maximum absolute atomic E-state index is 12.9. The molecule has 0 radical (unpaired) electrons. The van der Waals surface area contributed by atoms with Crippen LogP contribution >= 0.6 is 0 Å². The first kappa shape index (κ1) is 23.3. The molecule has 1 aromatic carbocycles. The van der Waals surface area contributed by atoms with Gasteiger partial charge in [-0.05, 0) is 50.5 Å². The predicted octanol–water partition coefficient (Wildman–Crippen LogP) is 3.93. The van der Waals surface area contributed by atoms with E-state index in [9.17, 15) is 14.4 Å². The van der Waals surface area contributed by atoms with Gasteiger partial charge in [-0.1, -0.05) is 43.2 Å². The quantitative estimate of drug-likeness (QED) is 0.559. The Morgan fingerprint density at radius 3 is 2.55 bits per heavy atom. The van der Waals surface area contributed by atoms with Crippen molar-refractivity contribution in [1.29, 1.82) is 0 Å². The Kier molecular flexibility index (Phi) is 8.92. The standard InChI is InChI=1S/C25H36N2O4/c1-2-31-25(30)19-26(18-20-10-4-3-5-11-20)23(28)15-8-16-24(29)27-17-9-13-21-12-6-7-14-22(21)27/h3-5,10-11,21-22H,2,6-9,12-19H2,1H3. The molecule has 1 aliphatic carbocycles. The number of hydrogen-bond acceptors (Lipinski definition) is 4. The van der Waals surface area contributed by atoms with Crippen LogP contribution in [0, 0.1) is 5.92 Å². The van der Waals surface area contributed by atoms with Gasteiger partial charge in [-0.15, -0.1) is 0 Å². The van der Waals surface area contributed by atoms with E-state index < -0.39 is 5.97 Å². The number of piperidine rings is 1. The van der Waals surface area contributed by atoms with Gasteiger partial charge in [-0.2, -0.15) is 0 Å². The fraction of sp³-hybridized carbons (Fsp3) is 0.640. The van der Waals surface area contributed by atoms with Crippen molar-refractivity contribution in [1.82, 2.24) is 9.80 Å². The first-order valence-corrected chi connectivity index (χ1v) is 11.8. The number of fused-ring (bicyclic) bond motifs is 1. The highest BCUT2D eigenvalue weighted by Gasteiger charge is 2.35. The lowest BCUT2D eigenvalue weighted by Gasteiger charge is -2.44. The summed E-state index contributed by atoms with van der Waals surface area (Å²) >= 11 is 0. The van der Waals surface area contributed by atoms with Crippen LogP contribution in [0.5, 0.6) is 0 Å². The number of amides is 2. The molecule has 6 nitrogen and oxygen atoms in total. The number of hydrogen-bond donors (Lipinski definition) is 0. The summed E-state index contributed by atoms with van der Waals surface area (Å²) in [5.74, 6) is 0.335.